The number of benzene rings is 1. The molecule has 1 aliphatic rings. The highest BCUT2D eigenvalue weighted by molar-refractivity contribution is 6.15. The Labute approximate surface area is 99.8 Å². The van der Waals surface area contributed by atoms with Gasteiger partial charge in [-0.3, -0.25) is 9.59 Å². The SMILES string of the molecule is C=C[C@@H](CO)C1CC(=O)c2ccccc2C1=O. The van der Waals surface area contributed by atoms with E-state index in [2.05, 4.69) is 6.58 Å². The van der Waals surface area contributed by atoms with E-state index < -0.39 is 5.92 Å². The van der Waals surface area contributed by atoms with Gasteiger partial charge < -0.3 is 5.11 Å². The first kappa shape index (κ1) is 11.7. The molecule has 0 heterocycles. The molecule has 17 heavy (non-hydrogen) atoms. The van der Waals surface area contributed by atoms with Gasteiger partial charge in [0.25, 0.3) is 0 Å². The summed E-state index contributed by atoms with van der Waals surface area (Å²) in [6.07, 6.45) is 1.71. The number of rotatable bonds is 3. The molecule has 0 radical (unpaired) electrons. The maximum absolute atomic E-state index is 12.2. The number of aliphatic hydroxyl groups is 1. The summed E-state index contributed by atoms with van der Waals surface area (Å²) in [6, 6.07) is 6.84. The average molecular weight is 230 g/mol. The summed E-state index contributed by atoms with van der Waals surface area (Å²) in [5.74, 6) is -0.927. The molecule has 0 amide bonds. The zero-order valence-electron chi connectivity index (χ0n) is 9.43. The van der Waals surface area contributed by atoms with Gasteiger partial charge in [-0.2, -0.15) is 0 Å². The van der Waals surface area contributed by atoms with Crippen LogP contribution in [0.25, 0.3) is 0 Å². The van der Waals surface area contributed by atoms with Gasteiger partial charge in [-0.15, -0.1) is 6.58 Å². The number of hydrogen-bond acceptors (Lipinski definition) is 3. The molecule has 0 saturated carbocycles. The van der Waals surface area contributed by atoms with Crippen LogP contribution < -0.4 is 0 Å². The second-order valence-corrected chi connectivity index (χ2v) is 4.23. The largest absolute Gasteiger partial charge is 0.396 e. The molecule has 0 bridgehead atoms. The summed E-state index contributed by atoms with van der Waals surface area (Å²) < 4.78 is 0. The number of ketones is 2. The van der Waals surface area contributed by atoms with Crippen LogP contribution in [0.4, 0.5) is 0 Å². The predicted molar refractivity (Wildman–Crippen MR) is 64.0 cm³/mol. The Morgan fingerprint density at radius 2 is 2.00 bits per heavy atom. The van der Waals surface area contributed by atoms with E-state index in [0.29, 0.717) is 11.1 Å². The molecule has 3 heteroatoms. The van der Waals surface area contributed by atoms with E-state index in [1.54, 1.807) is 30.3 Å². The Kier molecular flexibility index (Phi) is 3.20. The number of carbonyl (C=O) groups is 2. The smallest absolute Gasteiger partial charge is 0.167 e. The fraction of sp³-hybridized carbons (Fsp3) is 0.286. The number of aliphatic hydroxyl groups excluding tert-OH is 1. The lowest BCUT2D eigenvalue weighted by molar-refractivity contribution is 0.0757. The van der Waals surface area contributed by atoms with E-state index in [4.69, 9.17) is 0 Å². The summed E-state index contributed by atoms with van der Waals surface area (Å²) in [7, 11) is 0. The monoisotopic (exact) mass is 230 g/mol. The average Bonchev–Trinajstić information content (AvgIpc) is 2.37. The molecule has 0 aliphatic heterocycles. The van der Waals surface area contributed by atoms with Gasteiger partial charge in [0.15, 0.2) is 11.6 Å². The van der Waals surface area contributed by atoms with Crippen molar-refractivity contribution in [3.63, 3.8) is 0 Å². The van der Waals surface area contributed by atoms with Crippen molar-refractivity contribution in [1.29, 1.82) is 0 Å². The third-order valence-corrected chi connectivity index (χ3v) is 3.27. The fourth-order valence-electron chi connectivity index (χ4n) is 2.26. The van der Waals surface area contributed by atoms with Crippen molar-refractivity contribution in [3.05, 3.63) is 48.0 Å². The summed E-state index contributed by atoms with van der Waals surface area (Å²) >= 11 is 0. The van der Waals surface area contributed by atoms with Crippen LogP contribution in [-0.2, 0) is 0 Å². The molecule has 1 N–H and O–H groups in total. The number of Topliss-reactive ketones (excluding diaryl/α,β-unsaturated/α-hetero) is 2. The first-order chi connectivity index (χ1) is 8.19. The Hall–Kier alpha value is -1.74. The Balaban J connectivity index is 2.42. The van der Waals surface area contributed by atoms with Crippen LogP contribution in [0.5, 0.6) is 0 Å². The Morgan fingerprint density at radius 1 is 1.35 bits per heavy atom. The molecule has 0 fully saturated rings. The van der Waals surface area contributed by atoms with Crippen molar-refractivity contribution in [2.45, 2.75) is 6.42 Å². The van der Waals surface area contributed by atoms with E-state index in [1.807, 2.05) is 0 Å². The van der Waals surface area contributed by atoms with E-state index in [-0.39, 0.29) is 30.5 Å². The van der Waals surface area contributed by atoms with Gasteiger partial charge >= 0.3 is 0 Å². The van der Waals surface area contributed by atoms with E-state index in [0.717, 1.165) is 0 Å². The zero-order valence-corrected chi connectivity index (χ0v) is 9.43. The van der Waals surface area contributed by atoms with Crippen molar-refractivity contribution < 1.29 is 14.7 Å². The van der Waals surface area contributed by atoms with Crippen molar-refractivity contribution >= 4 is 11.6 Å². The molecule has 0 spiro atoms. The van der Waals surface area contributed by atoms with Gasteiger partial charge in [-0.05, 0) is 0 Å². The van der Waals surface area contributed by atoms with E-state index in [1.165, 1.54) is 0 Å². The van der Waals surface area contributed by atoms with Gasteiger partial charge in [-0.25, -0.2) is 0 Å². The molecule has 2 atom stereocenters. The van der Waals surface area contributed by atoms with E-state index >= 15 is 0 Å². The highest BCUT2D eigenvalue weighted by atomic mass is 16.3. The topological polar surface area (TPSA) is 54.4 Å². The van der Waals surface area contributed by atoms with Crippen molar-refractivity contribution in [1.82, 2.24) is 0 Å². The molecule has 1 unspecified atom stereocenters. The second kappa shape index (κ2) is 4.63. The minimum absolute atomic E-state index is 0.0366. The molecule has 88 valence electrons. The third-order valence-electron chi connectivity index (χ3n) is 3.27. The summed E-state index contributed by atoms with van der Waals surface area (Å²) in [5, 5.41) is 9.20. The maximum Gasteiger partial charge on any atom is 0.167 e. The number of fused-ring (bicyclic) bond motifs is 1. The van der Waals surface area contributed by atoms with Crippen LogP contribution in [0.2, 0.25) is 0 Å². The molecule has 3 nitrogen and oxygen atoms in total. The molecule has 0 saturated heterocycles. The van der Waals surface area contributed by atoms with Gasteiger partial charge in [0.1, 0.15) is 0 Å². The molecule has 1 aromatic carbocycles. The van der Waals surface area contributed by atoms with Gasteiger partial charge in [-0.1, -0.05) is 30.3 Å². The maximum atomic E-state index is 12.2. The van der Waals surface area contributed by atoms with Gasteiger partial charge in [0.05, 0.1) is 6.61 Å². The molecule has 2 rings (SSSR count). The lowest BCUT2D eigenvalue weighted by Gasteiger charge is -2.26. The van der Waals surface area contributed by atoms with Crippen LogP contribution in [0, 0.1) is 11.8 Å². The van der Waals surface area contributed by atoms with Crippen LogP contribution in [0.1, 0.15) is 27.1 Å². The Morgan fingerprint density at radius 3 is 2.59 bits per heavy atom. The van der Waals surface area contributed by atoms with Gasteiger partial charge in [0.2, 0.25) is 0 Å². The second-order valence-electron chi connectivity index (χ2n) is 4.23. The van der Waals surface area contributed by atoms with Gasteiger partial charge in [0, 0.05) is 29.4 Å². The third kappa shape index (κ3) is 1.94. The molecule has 0 aromatic heterocycles. The highest BCUT2D eigenvalue weighted by Crippen LogP contribution is 2.30. The molecular weight excluding hydrogens is 216 g/mol. The van der Waals surface area contributed by atoms with Crippen LogP contribution in [0.3, 0.4) is 0 Å². The van der Waals surface area contributed by atoms with Crippen molar-refractivity contribution in [3.8, 4) is 0 Å². The number of hydrogen-bond donors (Lipinski definition) is 1. The summed E-state index contributed by atoms with van der Waals surface area (Å²) in [5.41, 5.74) is 0.962. The quantitative estimate of drug-likeness (QED) is 0.806. The zero-order chi connectivity index (χ0) is 12.4. The number of carbonyl (C=O) groups excluding carboxylic acids is 2. The lowest BCUT2D eigenvalue weighted by Crippen LogP contribution is -2.33. The van der Waals surface area contributed by atoms with Crippen molar-refractivity contribution in [2.24, 2.45) is 11.8 Å². The standard InChI is InChI=1S/C14H14O3/c1-2-9(8-15)12-7-13(16)10-5-3-4-6-11(10)14(12)17/h2-6,9,12,15H,1,7-8H2/t9-,12?/m0/s1. The first-order valence-electron chi connectivity index (χ1n) is 5.59. The normalized spacial score (nSPS) is 20.9. The predicted octanol–water partition coefficient (Wildman–Crippen LogP) is 1.87. The van der Waals surface area contributed by atoms with Crippen molar-refractivity contribution in [2.75, 3.05) is 6.61 Å². The fourth-order valence-corrected chi connectivity index (χ4v) is 2.26. The summed E-state index contributed by atoms with van der Waals surface area (Å²) in [6.45, 7) is 3.44. The molecule has 1 aromatic rings. The minimum atomic E-state index is -0.472. The van der Waals surface area contributed by atoms with Crippen LogP contribution >= 0.6 is 0 Å². The molecule has 1 aliphatic carbocycles. The Bertz CT molecular complexity index is 476. The first-order valence-corrected chi connectivity index (χ1v) is 5.59. The lowest BCUT2D eigenvalue weighted by atomic mass is 9.75. The highest BCUT2D eigenvalue weighted by Gasteiger charge is 2.35. The summed E-state index contributed by atoms with van der Waals surface area (Å²) in [4.78, 5) is 24.1. The van der Waals surface area contributed by atoms with Crippen LogP contribution in [-0.4, -0.2) is 23.3 Å². The van der Waals surface area contributed by atoms with Crippen LogP contribution in [0.15, 0.2) is 36.9 Å². The molecular formula is C14H14O3. The van der Waals surface area contributed by atoms with E-state index in [9.17, 15) is 14.7 Å². The minimum Gasteiger partial charge on any atom is -0.396 e.